The number of carbonyl (C=O) groups excluding carboxylic acids is 1. The fourth-order valence-electron chi connectivity index (χ4n) is 2.62. The van der Waals surface area contributed by atoms with Crippen molar-refractivity contribution < 1.29 is 13.9 Å². The molecule has 0 saturated heterocycles. The van der Waals surface area contributed by atoms with Gasteiger partial charge >= 0.3 is 0 Å². The molecule has 0 aliphatic rings. The van der Waals surface area contributed by atoms with E-state index in [0.29, 0.717) is 38.6 Å². The molecule has 3 aromatic rings. The molecule has 140 valence electrons. The number of aromatic nitrogens is 2. The molecule has 2 heterocycles. The predicted molar refractivity (Wildman–Crippen MR) is 105 cm³/mol. The fraction of sp³-hybridized carbons (Fsp3) is 0.211. The molecular formula is C19H18ClN3O3S. The second-order valence-corrected chi connectivity index (χ2v) is 6.86. The van der Waals surface area contributed by atoms with Crippen molar-refractivity contribution in [3.63, 3.8) is 0 Å². The van der Waals surface area contributed by atoms with Crippen LogP contribution in [-0.2, 0) is 6.54 Å². The van der Waals surface area contributed by atoms with Crippen LogP contribution in [0.25, 0.3) is 11.6 Å². The van der Waals surface area contributed by atoms with Crippen LogP contribution in [0, 0.1) is 6.92 Å². The summed E-state index contributed by atoms with van der Waals surface area (Å²) in [6.45, 7) is 2.05. The number of methoxy groups -OCH3 is 1. The van der Waals surface area contributed by atoms with Gasteiger partial charge in [0.25, 0.3) is 5.91 Å². The summed E-state index contributed by atoms with van der Waals surface area (Å²) in [7, 11) is 1.58. The topological polar surface area (TPSA) is 77.2 Å². The molecule has 1 N–H and O–H groups in total. The number of nitrogens with zero attached hydrogens (tertiary/aromatic N) is 2. The number of thioether (sulfide) groups is 1. The fourth-order valence-corrected chi connectivity index (χ4v) is 3.44. The Morgan fingerprint density at radius 1 is 1.33 bits per heavy atom. The summed E-state index contributed by atoms with van der Waals surface area (Å²) in [6.07, 6.45) is 3.43. The number of amides is 1. The zero-order valence-corrected chi connectivity index (χ0v) is 16.6. The van der Waals surface area contributed by atoms with E-state index in [1.807, 2.05) is 6.26 Å². The van der Waals surface area contributed by atoms with E-state index in [1.165, 1.54) is 11.8 Å². The number of nitrogens with one attached hydrogen (secondary N) is 1. The third kappa shape index (κ3) is 4.26. The van der Waals surface area contributed by atoms with Crippen LogP contribution in [0.2, 0.25) is 5.02 Å². The minimum absolute atomic E-state index is 0.259. The summed E-state index contributed by atoms with van der Waals surface area (Å²) >= 11 is 7.43. The first-order chi connectivity index (χ1) is 13.0. The molecule has 3 rings (SSSR count). The van der Waals surface area contributed by atoms with Gasteiger partial charge in [-0.25, -0.2) is 9.97 Å². The van der Waals surface area contributed by atoms with Crippen LogP contribution in [0.5, 0.6) is 5.75 Å². The number of benzene rings is 1. The highest BCUT2D eigenvalue weighted by Gasteiger charge is 2.20. The number of hydrogen-bond donors (Lipinski definition) is 1. The van der Waals surface area contributed by atoms with Crippen LogP contribution in [0.4, 0.5) is 0 Å². The Morgan fingerprint density at radius 3 is 2.81 bits per heavy atom. The molecule has 0 spiro atoms. The molecule has 0 saturated carbocycles. The van der Waals surface area contributed by atoms with Crippen molar-refractivity contribution in [2.45, 2.75) is 18.5 Å². The molecule has 27 heavy (non-hydrogen) atoms. The van der Waals surface area contributed by atoms with E-state index < -0.39 is 0 Å². The number of rotatable bonds is 6. The highest BCUT2D eigenvalue weighted by molar-refractivity contribution is 7.98. The van der Waals surface area contributed by atoms with Crippen molar-refractivity contribution in [1.29, 1.82) is 0 Å². The van der Waals surface area contributed by atoms with Crippen LogP contribution < -0.4 is 10.1 Å². The first-order valence-electron chi connectivity index (χ1n) is 8.10. The van der Waals surface area contributed by atoms with Gasteiger partial charge in [-0.2, -0.15) is 0 Å². The molecule has 0 bridgehead atoms. The Bertz CT molecular complexity index is 961. The molecule has 0 aliphatic carbocycles. The Labute approximate surface area is 166 Å². The Hall–Kier alpha value is -2.51. The first kappa shape index (κ1) is 19.3. The average molecular weight is 404 g/mol. The summed E-state index contributed by atoms with van der Waals surface area (Å²) in [4.78, 5) is 21.7. The van der Waals surface area contributed by atoms with Gasteiger partial charge in [0, 0.05) is 17.1 Å². The predicted octanol–water partition coefficient (Wildman–Crippen LogP) is 4.36. The number of aryl methyl sites for hydroxylation is 1. The lowest BCUT2D eigenvalue weighted by Crippen LogP contribution is -2.25. The second-order valence-electron chi connectivity index (χ2n) is 5.63. The average Bonchev–Trinajstić information content (AvgIpc) is 3.20. The van der Waals surface area contributed by atoms with Gasteiger partial charge < -0.3 is 14.5 Å². The number of furan rings is 1. The third-order valence-electron chi connectivity index (χ3n) is 3.90. The zero-order valence-electron chi connectivity index (χ0n) is 15.1. The van der Waals surface area contributed by atoms with Crippen LogP contribution in [0.3, 0.4) is 0 Å². The van der Waals surface area contributed by atoms with E-state index >= 15 is 0 Å². The molecule has 0 atom stereocenters. The minimum Gasteiger partial charge on any atom is -0.496 e. The number of halogens is 1. The van der Waals surface area contributed by atoms with Crippen LogP contribution in [-0.4, -0.2) is 29.2 Å². The van der Waals surface area contributed by atoms with E-state index in [4.69, 9.17) is 20.8 Å². The van der Waals surface area contributed by atoms with Gasteiger partial charge in [0.05, 0.1) is 24.6 Å². The molecule has 2 aromatic heterocycles. The summed E-state index contributed by atoms with van der Waals surface area (Å²) in [6, 6.07) is 8.82. The van der Waals surface area contributed by atoms with Crippen molar-refractivity contribution in [3.05, 3.63) is 58.4 Å². The molecular weight excluding hydrogens is 386 g/mol. The smallest absolute Gasteiger partial charge is 0.256 e. The maximum Gasteiger partial charge on any atom is 0.256 e. The first-order valence-corrected chi connectivity index (χ1v) is 9.71. The standard InChI is InChI=1S/C19H18ClN3O3S/c1-11-16(19(27-3)23-17(22-11)15-5-4-8-26-15)18(24)21-10-12-9-13(20)6-7-14(12)25-2/h4-9H,10H2,1-3H3,(H,21,24). The SMILES string of the molecule is COc1ccc(Cl)cc1CNC(=O)c1c(C)nc(-c2ccco2)nc1SC. The normalized spacial score (nSPS) is 10.7. The highest BCUT2D eigenvalue weighted by atomic mass is 35.5. The van der Waals surface area contributed by atoms with Crippen LogP contribution in [0.1, 0.15) is 21.6 Å². The van der Waals surface area contributed by atoms with Gasteiger partial charge in [-0.1, -0.05) is 11.6 Å². The van der Waals surface area contributed by atoms with E-state index in [-0.39, 0.29) is 12.5 Å². The number of hydrogen-bond acceptors (Lipinski definition) is 6. The quantitative estimate of drug-likeness (QED) is 0.486. The van der Waals surface area contributed by atoms with Crippen LogP contribution in [0.15, 0.2) is 46.0 Å². The maximum atomic E-state index is 12.8. The summed E-state index contributed by atoms with van der Waals surface area (Å²) < 4.78 is 10.7. The zero-order chi connectivity index (χ0) is 19.4. The molecule has 6 nitrogen and oxygen atoms in total. The minimum atomic E-state index is -0.259. The lowest BCUT2D eigenvalue weighted by Gasteiger charge is -2.13. The van der Waals surface area contributed by atoms with Gasteiger partial charge in [-0.05, 0) is 43.5 Å². The van der Waals surface area contributed by atoms with Gasteiger partial charge in [-0.3, -0.25) is 4.79 Å². The van der Waals surface area contributed by atoms with Gasteiger partial charge in [-0.15, -0.1) is 11.8 Å². The van der Waals surface area contributed by atoms with E-state index in [1.54, 1.807) is 50.6 Å². The van der Waals surface area contributed by atoms with Gasteiger partial charge in [0.2, 0.25) is 0 Å². The van der Waals surface area contributed by atoms with Crippen molar-refractivity contribution in [2.75, 3.05) is 13.4 Å². The lowest BCUT2D eigenvalue weighted by atomic mass is 10.1. The second kappa shape index (κ2) is 8.45. The van der Waals surface area contributed by atoms with E-state index in [2.05, 4.69) is 15.3 Å². The number of ether oxygens (including phenoxy) is 1. The van der Waals surface area contributed by atoms with E-state index in [9.17, 15) is 4.79 Å². The Kier molecular flexibility index (Phi) is 6.03. The molecule has 1 amide bonds. The van der Waals surface area contributed by atoms with Crippen molar-refractivity contribution in [1.82, 2.24) is 15.3 Å². The van der Waals surface area contributed by atoms with Gasteiger partial charge in [0.15, 0.2) is 11.6 Å². The third-order valence-corrected chi connectivity index (χ3v) is 4.82. The Balaban J connectivity index is 1.85. The molecule has 0 fully saturated rings. The van der Waals surface area contributed by atoms with Gasteiger partial charge in [0.1, 0.15) is 10.8 Å². The molecule has 8 heteroatoms. The molecule has 0 unspecified atom stereocenters. The summed E-state index contributed by atoms with van der Waals surface area (Å²) in [5.74, 6) is 1.41. The summed E-state index contributed by atoms with van der Waals surface area (Å²) in [5.41, 5.74) is 1.81. The van der Waals surface area contributed by atoms with Crippen molar-refractivity contribution in [2.24, 2.45) is 0 Å². The molecule has 0 radical (unpaired) electrons. The molecule has 1 aromatic carbocycles. The largest absolute Gasteiger partial charge is 0.496 e. The Morgan fingerprint density at radius 2 is 2.15 bits per heavy atom. The highest BCUT2D eigenvalue weighted by Crippen LogP contribution is 2.26. The van der Waals surface area contributed by atoms with E-state index in [0.717, 1.165) is 5.56 Å². The van der Waals surface area contributed by atoms with Crippen molar-refractivity contribution in [3.8, 4) is 17.3 Å². The van der Waals surface area contributed by atoms with Crippen LogP contribution >= 0.6 is 23.4 Å². The number of carbonyl (C=O) groups is 1. The molecule has 0 aliphatic heterocycles. The monoisotopic (exact) mass is 403 g/mol. The summed E-state index contributed by atoms with van der Waals surface area (Å²) in [5, 5.41) is 4.06. The maximum absolute atomic E-state index is 12.8. The van der Waals surface area contributed by atoms with Crippen molar-refractivity contribution >= 4 is 29.3 Å². The lowest BCUT2D eigenvalue weighted by molar-refractivity contribution is 0.0946.